The fraction of sp³-hybridized carbons (Fsp3) is 0.500. The van der Waals surface area contributed by atoms with Crippen molar-refractivity contribution < 1.29 is 14.5 Å². The summed E-state index contributed by atoms with van der Waals surface area (Å²) in [5.41, 5.74) is 0.745. The molecule has 0 aliphatic carbocycles. The molecule has 24 heavy (non-hydrogen) atoms. The molecule has 1 aromatic carbocycles. The molecule has 128 valence electrons. The molecule has 1 aliphatic rings. The second kappa shape index (κ2) is 5.47. The van der Waals surface area contributed by atoms with Gasteiger partial charge in [-0.25, -0.2) is 4.79 Å². The van der Waals surface area contributed by atoms with Gasteiger partial charge in [0.25, 0.3) is 5.69 Å². The highest BCUT2D eigenvalue weighted by Gasteiger charge is 2.35. The van der Waals surface area contributed by atoms with Crippen molar-refractivity contribution in [3.63, 3.8) is 0 Å². The number of rotatable bonds is 2. The second-order valence-corrected chi connectivity index (χ2v) is 7.10. The number of aryl methyl sites for hydroxylation is 1. The molecule has 1 aromatic heterocycles. The number of nitro groups is 1. The summed E-state index contributed by atoms with van der Waals surface area (Å²) in [5, 5.41) is 16.3. The van der Waals surface area contributed by atoms with Gasteiger partial charge in [0.2, 0.25) is 0 Å². The Morgan fingerprint density at radius 3 is 2.62 bits per heavy atom. The van der Waals surface area contributed by atoms with Gasteiger partial charge in [-0.1, -0.05) is 0 Å². The van der Waals surface area contributed by atoms with Gasteiger partial charge >= 0.3 is 6.09 Å². The average Bonchev–Trinajstić information content (AvgIpc) is 2.75. The largest absolute Gasteiger partial charge is 0.444 e. The average molecular weight is 332 g/mol. The van der Waals surface area contributed by atoms with Gasteiger partial charge in [-0.2, -0.15) is 5.10 Å². The molecule has 0 spiro atoms. The molecule has 3 rings (SSSR count). The summed E-state index contributed by atoms with van der Waals surface area (Å²) in [6, 6.07) is 3.32. The molecular formula is C16H20N4O4. The molecule has 1 aliphatic heterocycles. The van der Waals surface area contributed by atoms with Crippen LogP contribution in [0.15, 0.2) is 18.3 Å². The van der Waals surface area contributed by atoms with Crippen molar-refractivity contribution in [2.45, 2.75) is 39.3 Å². The van der Waals surface area contributed by atoms with Crippen LogP contribution in [0, 0.1) is 17.0 Å². The predicted octanol–water partition coefficient (Wildman–Crippen LogP) is 3.04. The summed E-state index contributed by atoms with van der Waals surface area (Å²) in [6.07, 6.45) is 1.53. The van der Waals surface area contributed by atoms with Gasteiger partial charge in [-0.15, -0.1) is 0 Å². The van der Waals surface area contributed by atoms with Gasteiger partial charge in [-0.05, 0) is 33.8 Å². The van der Waals surface area contributed by atoms with Crippen LogP contribution in [0.4, 0.5) is 10.5 Å². The zero-order valence-corrected chi connectivity index (χ0v) is 14.1. The van der Waals surface area contributed by atoms with E-state index in [1.54, 1.807) is 22.6 Å². The highest BCUT2D eigenvalue weighted by molar-refractivity contribution is 5.82. The molecule has 0 unspecified atom stereocenters. The molecule has 0 N–H and O–H groups in total. The number of aromatic nitrogens is 2. The monoisotopic (exact) mass is 332 g/mol. The second-order valence-electron chi connectivity index (χ2n) is 7.10. The Morgan fingerprint density at radius 1 is 1.38 bits per heavy atom. The number of benzene rings is 1. The van der Waals surface area contributed by atoms with Crippen LogP contribution in [0.25, 0.3) is 10.9 Å². The van der Waals surface area contributed by atoms with Crippen molar-refractivity contribution in [2.24, 2.45) is 0 Å². The molecule has 8 heteroatoms. The summed E-state index contributed by atoms with van der Waals surface area (Å²) in [7, 11) is 0. The van der Waals surface area contributed by atoms with Crippen LogP contribution in [-0.2, 0) is 4.74 Å². The third kappa shape index (κ3) is 3.04. The smallest absolute Gasteiger partial charge is 0.410 e. The van der Waals surface area contributed by atoms with Crippen molar-refractivity contribution in [3.05, 3.63) is 34.0 Å². The van der Waals surface area contributed by atoms with Crippen LogP contribution in [-0.4, -0.2) is 44.4 Å². The third-order valence-electron chi connectivity index (χ3n) is 3.92. The van der Waals surface area contributed by atoms with Crippen molar-refractivity contribution in [2.75, 3.05) is 13.1 Å². The summed E-state index contributed by atoms with van der Waals surface area (Å²) in [4.78, 5) is 24.2. The van der Waals surface area contributed by atoms with Gasteiger partial charge < -0.3 is 9.64 Å². The standard InChI is InChI=1S/C16H20N4O4/c1-10-5-11-7-19(17-13(11)6-14(10)20(22)23)12-8-18(9-12)15(21)24-16(2,3)4/h5-7,12H,8-9H2,1-4H3. The van der Waals surface area contributed by atoms with Crippen LogP contribution < -0.4 is 0 Å². The first-order valence-corrected chi connectivity index (χ1v) is 7.76. The van der Waals surface area contributed by atoms with Crippen LogP contribution in [0.1, 0.15) is 32.4 Å². The Balaban J connectivity index is 1.73. The number of nitrogens with zero attached hydrogens (tertiary/aromatic N) is 4. The first-order chi connectivity index (χ1) is 11.1. The number of hydrogen-bond donors (Lipinski definition) is 0. The molecule has 1 saturated heterocycles. The lowest BCUT2D eigenvalue weighted by Crippen LogP contribution is -2.52. The number of carbonyl (C=O) groups is 1. The van der Waals surface area contributed by atoms with E-state index in [4.69, 9.17) is 4.74 Å². The molecule has 1 fully saturated rings. The van der Waals surface area contributed by atoms with Gasteiger partial charge in [0.1, 0.15) is 5.60 Å². The summed E-state index contributed by atoms with van der Waals surface area (Å²) >= 11 is 0. The lowest BCUT2D eigenvalue weighted by Gasteiger charge is -2.39. The maximum absolute atomic E-state index is 12.0. The minimum Gasteiger partial charge on any atom is -0.444 e. The minimum atomic E-state index is -0.515. The van der Waals surface area contributed by atoms with E-state index in [0.29, 0.717) is 24.2 Å². The molecule has 2 heterocycles. The van der Waals surface area contributed by atoms with E-state index in [1.807, 2.05) is 27.0 Å². The van der Waals surface area contributed by atoms with E-state index in [9.17, 15) is 14.9 Å². The maximum atomic E-state index is 12.0. The summed E-state index contributed by atoms with van der Waals surface area (Å²) in [6.45, 7) is 8.24. The molecule has 0 radical (unpaired) electrons. The van der Waals surface area contributed by atoms with Gasteiger partial charge in [0.15, 0.2) is 0 Å². The number of likely N-dealkylation sites (tertiary alicyclic amines) is 1. The number of carbonyl (C=O) groups excluding carboxylic acids is 1. The van der Waals surface area contributed by atoms with E-state index >= 15 is 0 Å². The third-order valence-corrected chi connectivity index (χ3v) is 3.92. The quantitative estimate of drug-likeness (QED) is 0.623. The number of nitro benzene ring substituents is 1. The first-order valence-electron chi connectivity index (χ1n) is 7.76. The number of fused-ring (bicyclic) bond motifs is 1. The number of ether oxygens (including phenoxy) is 1. The Hall–Kier alpha value is -2.64. The highest BCUT2D eigenvalue weighted by Crippen LogP contribution is 2.28. The fourth-order valence-electron chi connectivity index (χ4n) is 2.68. The molecule has 8 nitrogen and oxygen atoms in total. The molecule has 0 bridgehead atoms. The van der Waals surface area contributed by atoms with Crippen molar-refractivity contribution in [1.82, 2.24) is 14.7 Å². The summed E-state index contributed by atoms with van der Waals surface area (Å²) in [5.74, 6) is 0. The van der Waals surface area contributed by atoms with E-state index in [-0.39, 0.29) is 17.8 Å². The van der Waals surface area contributed by atoms with Crippen LogP contribution in [0.5, 0.6) is 0 Å². The normalized spacial score (nSPS) is 15.4. The van der Waals surface area contributed by atoms with Gasteiger partial charge in [0.05, 0.1) is 16.5 Å². The highest BCUT2D eigenvalue weighted by atomic mass is 16.6. The Kier molecular flexibility index (Phi) is 3.70. The zero-order valence-electron chi connectivity index (χ0n) is 14.1. The molecule has 0 atom stereocenters. The van der Waals surface area contributed by atoms with Crippen LogP contribution in [0.3, 0.4) is 0 Å². The number of amides is 1. The topological polar surface area (TPSA) is 90.5 Å². The zero-order chi connectivity index (χ0) is 17.6. The number of hydrogen-bond acceptors (Lipinski definition) is 5. The van der Waals surface area contributed by atoms with Gasteiger partial charge in [0, 0.05) is 36.3 Å². The van der Waals surface area contributed by atoms with Crippen LogP contribution >= 0.6 is 0 Å². The fourth-order valence-corrected chi connectivity index (χ4v) is 2.68. The van der Waals surface area contributed by atoms with E-state index in [2.05, 4.69) is 5.10 Å². The minimum absolute atomic E-state index is 0.0595. The Bertz CT molecular complexity index is 815. The van der Waals surface area contributed by atoms with Crippen molar-refractivity contribution in [1.29, 1.82) is 0 Å². The maximum Gasteiger partial charge on any atom is 0.410 e. The molecular weight excluding hydrogens is 312 g/mol. The molecule has 0 saturated carbocycles. The molecule has 2 aromatic rings. The van der Waals surface area contributed by atoms with E-state index in [0.717, 1.165) is 5.39 Å². The molecule has 1 amide bonds. The van der Waals surface area contributed by atoms with Gasteiger partial charge in [-0.3, -0.25) is 14.8 Å². The first kappa shape index (κ1) is 16.2. The van der Waals surface area contributed by atoms with Crippen LogP contribution in [0.2, 0.25) is 0 Å². The van der Waals surface area contributed by atoms with Crippen molar-refractivity contribution in [3.8, 4) is 0 Å². The predicted molar refractivity (Wildman–Crippen MR) is 88.0 cm³/mol. The Morgan fingerprint density at radius 2 is 2.04 bits per heavy atom. The van der Waals surface area contributed by atoms with E-state index < -0.39 is 10.5 Å². The SMILES string of the molecule is Cc1cc2cn(C3CN(C(=O)OC(C)(C)C)C3)nc2cc1[N+](=O)[O-]. The summed E-state index contributed by atoms with van der Waals surface area (Å²) < 4.78 is 7.10. The lowest BCUT2D eigenvalue weighted by atomic mass is 10.1. The van der Waals surface area contributed by atoms with Crippen molar-refractivity contribution >= 4 is 22.7 Å². The lowest BCUT2D eigenvalue weighted by molar-refractivity contribution is -0.385. The Labute approximate surface area is 139 Å². The van der Waals surface area contributed by atoms with E-state index in [1.165, 1.54) is 6.07 Å².